The van der Waals surface area contributed by atoms with E-state index in [-0.39, 0.29) is 33.3 Å². The molecule has 0 spiro atoms. The second kappa shape index (κ2) is 20.0. The Labute approximate surface area is 415 Å². The number of nitrogens with one attached hydrogen (secondary N) is 6. The van der Waals surface area contributed by atoms with Gasteiger partial charge in [0.1, 0.15) is 5.82 Å². The number of carbonyl (C=O) groups is 1. The van der Waals surface area contributed by atoms with Crippen LogP contribution in [0.4, 0.5) is 5.69 Å². The number of imidazole rings is 2. The van der Waals surface area contributed by atoms with Crippen LogP contribution in [-0.2, 0) is 31.9 Å². The fourth-order valence-electron chi connectivity index (χ4n) is 8.19. The number of fused-ring (bicyclic) bond motifs is 5. The van der Waals surface area contributed by atoms with Gasteiger partial charge in [-0.3, -0.25) is 9.89 Å². The zero-order valence-corrected chi connectivity index (χ0v) is 45.1. The summed E-state index contributed by atoms with van der Waals surface area (Å²) >= 11 is 0. The minimum Gasteiger partial charge on any atom is -0.361 e. The van der Waals surface area contributed by atoms with E-state index in [4.69, 9.17) is 0 Å². The molecule has 0 saturated heterocycles. The van der Waals surface area contributed by atoms with Crippen molar-refractivity contribution in [3.05, 3.63) is 159 Å². The van der Waals surface area contributed by atoms with Gasteiger partial charge in [-0.1, -0.05) is 133 Å². The number of H-pyrrole nitrogens is 5. The summed E-state index contributed by atoms with van der Waals surface area (Å²) < 4.78 is 0. The molecule has 10 heteroatoms. The number of hydrogen-bond donors (Lipinski definition) is 6. The fourth-order valence-corrected chi connectivity index (χ4v) is 8.19. The first kappa shape index (κ1) is 52.7. The van der Waals surface area contributed by atoms with Crippen molar-refractivity contribution in [2.24, 2.45) is 0 Å². The van der Waals surface area contributed by atoms with Crippen LogP contribution in [0, 0.1) is 13.8 Å². The topological polar surface area (TPSA) is 151 Å². The van der Waals surface area contributed by atoms with Crippen LogP contribution < -0.4 is 11.0 Å². The van der Waals surface area contributed by atoms with Crippen molar-refractivity contribution in [1.29, 1.82) is 0 Å². The smallest absolute Gasteiger partial charge is 0.323 e. The Morgan fingerprint density at radius 1 is 0.557 bits per heavy atom. The van der Waals surface area contributed by atoms with Crippen molar-refractivity contribution < 1.29 is 4.79 Å². The van der Waals surface area contributed by atoms with Crippen LogP contribution in [-0.4, -0.2) is 41.0 Å². The number of rotatable bonds is 1. The van der Waals surface area contributed by atoms with Crippen LogP contribution >= 0.6 is 0 Å². The molecule has 1 aliphatic heterocycles. The van der Waals surface area contributed by atoms with E-state index in [9.17, 15) is 9.59 Å². The number of carbonyl (C=O) groups excluding carboxylic acids is 1. The van der Waals surface area contributed by atoms with E-state index in [0.29, 0.717) is 5.92 Å². The Kier molecular flexibility index (Phi) is 15.0. The van der Waals surface area contributed by atoms with Gasteiger partial charge in [0, 0.05) is 28.2 Å². The van der Waals surface area contributed by atoms with Crippen LogP contribution in [0.15, 0.2) is 108 Å². The summed E-state index contributed by atoms with van der Waals surface area (Å²) in [7, 11) is 0. The number of aromatic nitrogens is 7. The van der Waals surface area contributed by atoms with Gasteiger partial charge in [0.25, 0.3) is 0 Å². The summed E-state index contributed by atoms with van der Waals surface area (Å²) in [5.41, 5.74) is 16.4. The van der Waals surface area contributed by atoms with Crippen LogP contribution in [0.2, 0.25) is 0 Å². The summed E-state index contributed by atoms with van der Waals surface area (Å²) in [4.78, 5) is 39.2. The normalized spacial score (nSPS) is 13.4. The minimum absolute atomic E-state index is 0.0913. The molecule has 5 heterocycles. The van der Waals surface area contributed by atoms with Crippen molar-refractivity contribution in [2.45, 2.75) is 158 Å². The Morgan fingerprint density at radius 2 is 1.09 bits per heavy atom. The minimum atomic E-state index is -0.406. The Morgan fingerprint density at radius 3 is 1.70 bits per heavy atom. The van der Waals surface area contributed by atoms with Crippen LogP contribution in [0.1, 0.15) is 161 Å². The molecule has 0 bridgehead atoms. The van der Waals surface area contributed by atoms with Gasteiger partial charge in [0.05, 0.1) is 39.2 Å². The molecule has 0 aliphatic carbocycles. The molecule has 0 radical (unpaired) electrons. The third-order valence-electron chi connectivity index (χ3n) is 13.1. The predicted molar refractivity (Wildman–Crippen MR) is 296 cm³/mol. The molecule has 0 saturated carbocycles. The lowest BCUT2D eigenvalue weighted by Gasteiger charge is -2.22. The summed E-state index contributed by atoms with van der Waals surface area (Å²) in [5, 5.41) is 12.4. The van der Waals surface area contributed by atoms with E-state index in [2.05, 4.69) is 217 Å². The summed E-state index contributed by atoms with van der Waals surface area (Å²) in [6, 6.07) is 31.8. The molecule has 5 aromatic carbocycles. The van der Waals surface area contributed by atoms with Crippen LogP contribution in [0.3, 0.4) is 0 Å². The lowest BCUT2D eigenvalue weighted by molar-refractivity contribution is -0.119. The van der Waals surface area contributed by atoms with Gasteiger partial charge in [0.2, 0.25) is 5.91 Å². The van der Waals surface area contributed by atoms with Gasteiger partial charge in [0.15, 0.2) is 0 Å². The highest BCUT2D eigenvalue weighted by atomic mass is 16.2. The summed E-state index contributed by atoms with van der Waals surface area (Å²) in [6.07, 6.45) is 3.93. The van der Waals surface area contributed by atoms with Gasteiger partial charge >= 0.3 is 5.69 Å². The molecule has 1 amide bonds. The SMILES string of the molecule is CC(C)(C)c1ccc2[nH]c(=O)[nH]c2c1.CC(C)(C)c1ccc2[nH]ncc2c1.CC(C)(C)c1ccc2c(c1)C(C)(C)C(=O)N2.Cc1c[nH]c2ccc(C(C)C)cc12.Cc1nc2ccc(C(C)(C)C)cc2[nH]1. The van der Waals surface area contributed by atoms with Gasteiger partial charge in [-0.25, -0.2) is 9.78 Å². The standard InChI is InChI=1S/C14H19NO.C12H16N2.C12H15N.C11H14N2O.C11H14N2/c1-13(2,3)9-6-7-11-10(8-9)14(4,5)12(16)15-11;1-8-13-10-6-5-9(12(2,3)4)7-11(10)14-8;1-8(2)10-4-5-12-11(6-10)9(3)7-13-12;1-11(2,3)7-4-5-8-9(6-7)13-10(14)12-8;1-11(2,3)9-4-5-10-8(6-9)7-12-13-10/h6-8H,1-5H3,(H,15,16);5-7H,1-4H3,(H,13,14);4-8,13H,1-3H3;4-6H,1-3H3,(H2,12,13,14);4-7H,1-3H3,(H,12,13). The first-order valence-corrected chi connectivity index (χ1v) is 24.6. The fraction of sp³-hybridized carbons (Fsp3) is 0.400. The summed E-state index contributed by atoms with van der Waals surface area (Å²) in [6.45, 7) is 38.8. The summed E-state index contributed by atoms with van der Waals surface area (Å²) in [5.74, 6) is 1.68. The second-order valence-corrected chi connectivity index (χ2v) is 23.8. The molecule has 10 rings (SSSR count). The Balaban J connectivity index is 0.000000144. The molecule has 9 aromatic rings. The number of nitrogens with zero attached hydrogens (tertiary/aromatic N) is 2. The molecule has 6 N–H and O–H groups in total. The Hall–Kier alpha value is -6.68. The molecule has 370 valence electrons. The maximum absolute atomic E-state index is 11.8. The molecule has 0 unspecified atom stereocenters. The molecular weight excluding hydrogens is 865 g/mol. The van der Waals surface area contributed by atoms with Crippen LogP contribution in [0.25, 0.3) is 43.9 Å². The van der Waals surface area contributed by atoms with E-state index in [1.54, 1.807) is 0 Å². The van der Waals surface area contributed by atoms with Gasteiger partial charge in [-0.2, -0.15) is 5.10 Å². The molecule has 0 atom stereocenters. The van der Waals surface area contributed by atoms with E-state index in [1.807, 2.05) is 51.2 Å². The Bertz CT molecular complexity index is 3300. The lowest BCUT2D eigenvalue weighted by atomic mass is 9.80. The molecule has 10 nitrogen and oxygen atoms in total. The van der Waals surface area contributed by atoms with Crippen molar-refractivity contribution in [1.82, 2.24) is 35.1 Å². The average molecular weight is 943 g/mol. The maximum Gasteiger partial charge on any atom is 0.323 e. The molecule has 1 aliphatic rings. The zero-order chi connectivity index (χ0) is 51.7. The van der Waals surface area contributed by atoms with Gasteiger partial charge in [-0.05, 0) is 149 Å². The van der Waals surface area contributed by atoms with Gasteiger partial charge in [-0.15, -0.1) is 0 Å². The largest absolute Gasteiger partial charge is 0.361 e. The van der Waals surface area contributed by atoms with E-state index in [1.165, 1.54) is 49.7 Å². The first-order valence-electron chi connectivity index (χ1n) is 24.6. The molecule has 0 fully saturated rings. The third kappa shape index (κ3) is 12.6. The predicted octanol–water partition coefficient (Wildman–Crippen LogP) is 15.0. The lowest BCUT2D eigenvalue weighted by Crippen LogP contribution is -2.27. The number of benzene rings is 5. The average Bonchev–Trinajstić information content (AvgIpc) is 4.10. The highest BCUT2D eigenvalue weighted by Crippen LogP contribution is 2.39. The second-order valence-electron chi connectivity index (χ2n) is 23.8. The number of hydrogen-bond acceptors (Lipinski definition) is 4. The third-order valence-corrected chi connectivity index (χ3v) is 13.1. The highest BCUT2D eigenvalue weighted by Gasteiger charge is 2.38. The maximum atomic E-state index is 11.8. The number of aryl methyl sites for hydroxylation is 2. The quantitative estimate of drug-likeness (QED) is 0.0971. The molecule has 4 aromatic heterocycles. The highest BCUT2D eigenvalue weighted by molar-refractivity contribution is 6.05. The first-order chi connectivity index (χ1) is 32.4. The monoisotopic (exact) mass is 943 g/mol. The number of amides is 1. The number of aromatic amines is 5. The zero-order valence-electron chi connectivity index (χ0n) is 45.1. The van der Waals surface area contributed by atoms with Crippen molar-refractivity contribution in [3.8, 4) is 0 Å². The van der Waals surface area contributed by atoms with Crippen molar-refractivity contribution in [3.63, 3.8) is 0 Å². The van der Waals surface area contributed by atoms with Crippen molar-refractivity contribution >= 4 is 55.5 Å². The molecular formula is C60H78N8O2. The van der Waals surface area contributed by atoms with Crippen LogP contribution in [0.5, 0.6) is 0 Å². The molecule has 70 heavy (non-hydrogen) atoms. The van der Waals surface area contributed by atoms with Gasteiger partial charge < -0.3 is 25.3 Å². The van der Waals surface area contributed by atoms with E-state index >= 15 is 0 Å². The van der Waals surface area contributed by atoms with E-state index < -0.39 is 5.41 Å². The van der Waals surface area contributed by atoms with Crippen molar-refractivity contribution in [2.75, 3.05) is 5.32 Å². The van der Waals surface area contributed by atoms with E-state index in [0.717, 1.165) is 44.7 Å². The number of anilines is 1.